The third-order valence-electron chi connectivity index (χ3n) is 5.33. The van der Waals surface area contributed by atoms with E-state index in [9.17, 15) is 24.3 Å². The average Bonchev–Trinajstić information content (AvgIpc) is 3.42. The molecule has 0 atom stereocenters. The fourth-order valence-corrected chi connectivity index (χ4v) is 4.18. The summed E-state index contributed by atoms with van der Waals surface area (Å²) in [5.41, 5.74) is -1.17. The molecule has 0 radical (unpaired) electrons. The summed E-state index contributed by atoms with van der Waals surface area (Å²) in [6, 6.07) is 10.7. The predicted octanol–water partition coefficient (Wildman–Crippen LogP) is 2.05. The van der Waals surface area contributed by atoms with Crippen LogP contribution in [0.15, 0.2) is 51.4 Å². The van der Waals surface area contributed by atoms with Crippen LogP contribution in [0, 0.1) is 5.92 Å². The van der Waals surface area contributed by atoms with E-state index in [0.717, 1.165) is 32.4 Å². The highest BCUT2D eigenvalue weighted by Crippen LogP contribution is 2.32. The number of carboxylic acid groups (broad SMARTS) is 1. The second-order valence-electron chi connectivity index (χ2n) is 7.61. The van der Waals surface area contributed by atoms with Gasteiger partial charge < -0.3 is 15.5 Å². The number of aromatic nitrogens is 2. The zero-order valence-electron chi connectivity index (χ0n) is 17.0. The number of nitrogens with zero attached hydrogens (tertiary/aromatic N) is 2. The monoisotopic (exact) mass is 455 g/mol. The minimum atomic E-state index is -1.30. The first-order chi connectivity index (χ1) is 15.4. The van der Waals surface area contributed by atoms with Crippen LogP contribution in [0.5, 0.6) is 5.88 Å². The van der Waals surface area contributed by atoms with Crippen LogP contribution in [0.1, 0.15) is 29.6 Å². The maximum atomic E-state index is 13.1. The van der Waals surface area contributed by atoms with Crippen molar-refractivity contribution in [1.29, 1.82) is 0 Å². The molecule has 1 aromatic carbocycles. The fourth-order valence-electron chi connectivity index (χ4n) is 3.45. The SMILES string of the molecule is O=C(O)CNC(=O)c1c(O)n(-c2ccc(-c3cccs3)cc2)c(=O)n(CCC2CC2)c1=O. The largest absolute Gasteiger partial charge is 0.493 e. The molecular weight excluding hydrogens is 434 g/mol. The van der Waals surface area contributed by atoms with Crippen molar-refractivity contribution >= 4 is 23.2 Å². The second kappa shape index (κ2) is 8.83. The number of amides is 1. The van der Waals surface area contributed by atoms with Crippen LogP contribution < -0.4 is 16.6 Å². The quantitative estimate of drug-likeness (QED) is 0.477. The van der Waals surface area contributed by atoms with E-state index in [1.165, 1.54) is 0 Å². The van der Waals surface area contributed by atoms with Crippen LogP contribution in [-0.2, 0) is 11.3 Å². The highest BCUT2D eigenvalue weighted by Gasteiger charge is 2.27. The second-order valence-corrected chi connectivity index (χ2v) is 8.55. The molecule has 0 unspecified atom stereocenters. The first kappa shape index (κ1) is 21.6. The predicted molar refractivity (Wildman–Crippen MR) is 119 cm³/mol. The molecule has 2 aromatic heterocycles. The van der Waals surface area contributed by atoms with Crippen molar-refractivity contribution in [3.63, 3.8) is 0 Å². The lowest BCUT2D eigenvalue weighted by Gasteiger charge is -2.16. The summed E-state index contributed by atoms with van der Waals surface area (Å²) in [6.07, 6.45) is 2.65. The lowest BCUT2D eigenvalue weighted by atomic mass is 10.1. The molecule has 0 bridgehead atoms. The molecule has 1 aliphatic rings. The van der Waals surface area contributed by atoms with Gasteiger partial charge in [-0.25, -0.2) is 9.36 Å². The first-order valence-electron chi connectivity index (χ1n) is 10.1. The third-order valence-corrected chi connectivity index (χ3v) is 6.25. The number of benzene rings is 1. The Bertz CT molecular complexity index is 1270. The Balaban J connectivity index is 1.81. The number of thiophene rings is 1. The topological polar surface area (TPSA) is 131 Å². The lowest BCUT2D eigenvalue weighted by Crippen LogP contribution is -2.44. The number of rotatable bonds is 8. The zero-order chi connectivity index (χ0) is 22.8. The normalized spacial score (nSPS) is 13.1. The Morgan fingerprint density at radius 2 is 1.84 bits per heavy atom. The number of aromatic hydroxyl groups is 1. The highest BCUT2D eigenvalue weighted by molar-refractivity contribution is 7.13. The molecule has 3 aromatic rings. The van der Waals surface area contributed by atoms with Crippen molar-refractivity contribution in [2.75, 3.05) is 6.54 Å². The number of nitrogens with one attached hydrogen (secondary N) is 1. The van der Waals surface area contributed by atoms with Gasteiger partial charge >= 0.3 is 11.7 Å². The summed E-state index contributed by atoms with van der Waals surface area (Å²) in [7, 11) is 0. The average molecular weight is 455 g/mol. The Kier molecular flexibility index (Phi) is 5.95. The number of carbonyl (C=O) groups excluding carboxylic acids is 1. The van der Waals surface area contributed by atoms with Gasteiger partial charge in [-0.3, -0.25) is 19.0 Å². The number of carbonyl (C=O) groups is 2. The molecular formula is C22H21N3O6S. The van der Waals surface area contributed by atoms with Crippen molar-refractivity contribution in [3.8, 4) is 22.0 Å². The van der Waals surface area contributed by atoms with Crippen LogP contribution in [0.3, 0.4) is 0 Å². The Morgan fingerprint density at radius 3 is 2.44 bits per heavy atom. The molecule has 32 heavy (non-hydrogen) atoms. The van der Waals surface area contributed by atoms with E-state index < -0.39 is 41.1 Å². The van der Waals surface area contributed by atoms with E-state index in [1.807, 2.05) is 17.5 Å². The lowest BCUT2D eigenvalue weighted by molar-refractivity contribution is -0.135. The molecule has 1 saturated carbocycles. The van der Waals surface area contributed by atoms with Crippen LogP contribution in [-0.4, -0.2) is 37.8 Å². The van der Waals surface area contributed by atoms with E-state index in [4.69, 9.17) is 5.11 Å². The van der Waals surface area contributed by atoms with Gasteiger partial charge in [-0.2, -0.15) is 0 Å². The van der Waals surface area contributed by atoms with E-state index >= 15 is 0 Å². The Labute approximate surface area is 186 Å². The van der Waals surface area contributed by atoms with Gasteiger partial charge in [0, 0.05) is 11.4 Å². The van der Waals surface area contributed by atoms with E-state index in [1.54, 1.807) is 35.6 Å². The van der Waals surface area contributed by atoms with Crippen molar-refractivity contribution in [3.05, 3.63) is 68.2 Å². The van der Waals surface area contributed by atoms with Gasteiger partial charge in [-0.05, 0) is 41.5 Å². The molecule has 166 valence electrons. The minimum Gasteiger partial charge on any atom is -0.493 e. The molecule has 0 aliphatic heterocycles. The molecule has 9 nitrogen and oxygen atoms in total. The highest BCUT2D eigenvalue weighted by atomic mass is 32.1. The summed E-state index contributed by atoms with van der Waals surface area (Å²) in [6.45, 7) is -0.622. The van der Waals surface area contributed by atoms with E-state index in [-0.39, 0.29) is 12.2 Å². The van der Waals surface area contributed by atoms with Gasteiger partial charge in [0.1, 0.15) is 6.54 Å². The van der Waals surface area contributed by atoms with Crippen molar-refractivity contribution in [1.82, 2.24) is 14.5 Å². The van der Waals surface area contributed by atoms with Crippen LogP contribution in [0.25, 0.3) is 16.1 Å². The summed E-state index contributed by atoms with van der Waals surface area (Å²) in [4.78, 5) is 50.4. The van der Waals surface area contributed by atoms with Gasteiger partial charge in [-0.1, -0.05) is 31.0 Å². The molecule has 1 fully saturated rings. The maximum absolute atomic E-state index is 13.1. The number of aliphatic carboxylic acids is 1. The van der Waals surface area contributed by atoms with Gasteiger partial charge in [0.05, 0.1) is 5.69 Å². The number of hydrogen-bond donors (Lipinski definition) is 3. The summed E-state index contributed by atoms with van der Waals surface area (Å²) in [5.74, 6) is -2.75. The standard InChI is InChI=1S/C22H21N3O6S/c26-17(27)12-23-19(28)18-20(29)24(10-9-13-3-4-13)22(31)25(21(18)30)15-7-5-14(6-8-15)16-2-1-11-32-16/h1-2,5-8,11,13,30H,3-4,9-10,12H2,(H,23,28)(H,26,27). The molecule has 10 heteroatoms. The number of carboxylic acids is 1. The maximum Gasteiger partial charge on any atom is 0.338 e. The molecule has 2 heterocycles. The Morgan fingerprint density at radius 1 is 1.12 bits per heavy atom. The summed E-state index contributed by atoms with van der Waals surface area (Å²) in [5, 5.41) is 23.6. The van der Waals surface area contributed by atoms with Gasteiger partial charge in [0.2, 0.25) is 5.88 Å². The van der Waals surface area contributed by atoms with Gasteiger partial charge in [0.25, 0.3) is 11.5 Å². The van der Waals surface area contributed by atoms with Crippen molar-refractivity contribution in [2.45, 2.75) is 25.8 Å². The summed E-state index contributed by atoms with van der Waals surface area (Å²) < 4.78 is 1.84. The van der Waals surface area contributed by atoms with E-state index in [2.05, 4.69) is 5.32 Å². The van der Waals surface area contributed by atoms with Gasteiger partial charge in [0.15, 0.2) is 5.56 Å². The van der Waals surface area contributed by atoms with Crippen LogP contribution in [0.2, 0.25) is 0 Å². The van der Waals surface area contributed by atoms with Crippen LogP contribution in [0.4, 0.5) is 0 Å². The first-order valence-corrected chi connectivity index (χ1v) is 11.0. The zero-order valence-corrected chi connectivity index (χ0v) is 17.8. The van der Waals surface area contributed by atoms with Gasteiger partial charge in [-0.15, -0.1) is 11.3 Å². The van der Waals surface area contributed by atoms with Crippen molar-refractivity contribution < 1.29 is 19.8 Å². The smallest absolute Gasteiger partial charge is 0.338 e. The molecule has 1 amide bonds. The summed E-state index contributed by atoms with van der Waals surface area (Å²) >= 11 is 1.55. The third kappa shape index (κ3) is 4.35. The molecule has 3 N–H and O–H groups in total. The minimum absolute atomic E-state index is 0.106. The van der Waals surface area contributed by atoms with Crippen molar-refractivity contribution in [2.24, 2.45) is 5.92 Å². The molecule has 4 rings (SSSR count). The van der Waals surface area contributed by atoms with E-state index in [0.29, 0.717) is 12.3 Å². The molecule has 0 spiro atoms. The molecule has 0 saturated heterocycles. The Hall–Kier alpha value is -3.66. The number of hydrogen-bond acceptors (Lipinski definition) is 6. The van der Waals surface area contributed by atoms with Crippen LogP contribution >= 0.6 is 11.3 Å². The molecule has 1 aliphatic carbocycles. The fraction of sp³-hybridized carbons (Fsp3) is 0.273.